The summed E-state index contributed by atoms with van der Waals surface area (Å²) >= 11 is 0. The fourth-order valence-electron chi connectivity index (χ4n) is 2.99. The van der Waals surface area contributed by atoms with E-state index in [-0.39, 0.29) is 0 Å². The van der Waals surface area contributed by atoms with E-state index in [1.807, 2.05) is 6.26 Å². The van der Waals surface area contributed by atoms with E-state index in [2.05, 4.69) is 40.6 Å². The molecule has 1 N–H and O–H groups in total. The lowest BCUT2D eigenvalue weighted by atomic mass is 10.1. The van der Waals surface area contributed by atoms with Crippen molar-refractivity contribution in [3.8, 4) is 0 Å². The fourth-order valence-corrected chi connectivity index (χ4v) is 2.99. The Morgan fingerprint density at radius 2 is 2.00 bits per heavy atom. The Bertz CT molecular complexity index is 452. The first-order chi connectivity index (χ1) is 9.93. The highest BCUT2D eigenvalue weighted by molar-refractivity contribution is 5.70. The van der Waals surface area contributed by atoms with E-state index in [0.717, 1.165) is 19.4 Å². The Hall–Kier alpha value is -1.64. The van der Waals surface area contributed by atoms with Gasteiger partial charge < -0.3 is 15.0 Å². The molecule has 20 heavy (non-hydrogen) atoms. The first-order valence-electron chi connectivity index (χ1n) is 7.82. The van der Waals surface area contributed by atoms with Crippen LogP contribution in [0.3, 0.4) is 0 Å². The summed E-state index contributed by atoms with van der Waals surface area (Å²) in [5.74, 6) is 0. The van der Waals surface area contributed by atoms with E-state index in [0.29, 0.717) is 6.10 Å². The Kier molecular flexibility index (Phi) is 4.46. The van der Waals surface area contributed by atoms with E-state index in [1.165, 1.54) is 43.7 Å². The molecule has 1 fully saturated rings. The molecule has 3 heteroatoms. The molecule has 1 saturated heterocycles. The molecule has 2 aliphatic heterocycles. The molecule has 0 bridgehead atoms. The predicted octanol–water partition coefficient (Wildman–Crippen LogP) is 3.78. The van der Waals surface area contributed by atoms with Crippen molar-refractivity contribution in [3.05, 3.63) is 36.6 Å². The summed E-state index contributed by atoms with van der Waals surface area (Å²) in [5, 5.41) is 3.58. The van der Waals surface area contributed by atoms with Crippen molar-refractivity contribution >= 4 is 11.4 Å². The Balaban J connectivity index is 1.64. The van der Waals surface area contributed by atoms with Gasteiger partial charge >= 0.3 is 0 Å². The molecule has 3 nitrogen and oxygen atoms in total. The number of hydrogen-bond donors (Lipinski definition) is 1. The minimum Gasteiger partial charge on any atom is -0.497 e. The standard InChI is InChI=1S/C17H24N2O/c1-5-11-19(12-6-1)17-10-3-2-9-16(17)18-14-15-8-4-7-13-20-15/h2-3,7,9-10,13,15,18H,1,4-6,8,11-12,14H2. The van der Waals surface area contributed by atoms with Gasteiger partial charge in [-0.2, -0.15) is 0 Å². The van der Waals surface area contributed by atoms with Crippen LogP contribution in [0.1, 0.15) is 32.1 Å². The Morgan fingerprint density at radius 1 is 1.15 bits per heavy atom. The molecule has 2 aliphatic rings. The minimum atomic E-state index is 0.300. The first kappa shape index (κ1) is 13.3. The number of rotatable bonds is 4. The highest BCUT2D eigenvalue weighted by Gasteiger charge is 2.15. The van der Waals surface area contributed by atoms with E-state index >= 15 is 0 Å². The molecule has 3 rings (SSSR count). The van der Waals surface area contributed by atoms with Crippen LogP contribution in [0.4, 0.5) is 11.4 Å². The maximum absolute atomic E-state index is 5.63. The Labute approximate surface area is 121 Å². The predicted molar refractivity (Wildman–Crippen MR) is 84.2 cm³/mol. The van der Waals surface area contributed by atoms with Crippen molar-refractivity contribution in [1.29, 1.82) is 0 Å². The van der Waals surface area contributed by atoms with E-state index < -0.39 is 0 Å². The van der Waals surface area contributed by atoms with Crippen molar-refractivity contribution in [2.24, 2.45) is 0 Å². The van der Waals surface area contributed by atoms with Gasteiger partial charge in [0.1, 0.15) is 6.10 Å². The number of ether oxygens (including phenoxy) is 1. The van der Waals surface area contributed by atoms with Gasteiger partial charge in [-0.05, 0) is 50.3 Å². The van der Waals surface area contributed by atoms with Crippen LogP contribution in [0.5, 0.6) is 0 Å². The van der Waals surface area contributed by atoms with Gasteiger partial charge in [-0.25, -0.2) is 0 Å². The molecular weight excluding hydrogens is 248 g/mol. The largest absolute Gasteiger partial charge is 0.497 e. The van der Waals surface area contributed by atoms with E-state index in [1.54, 1.807) is 0 Å². The number of piperidine rings is 1. The van der Waals surface area contributed by atoms with Gasteiger partial charge in [0.25, 0.3) is 0 Å². The molecule has 0 radical (unpaired) electrons. The number of anilines is 2. The second-order valence-corrected chi connectivity index (χ2v) is 5.65. The summed E-state index contributed by atoms with van der Waals surface area (Å²) in [5.41, 5.74) is 2.59. The lowest BCUT2D eigenvalue weighted by Crippen LogP contribution is -2.30. The number of nitrogens with zero attached hydrogens (tertiary/aromatic N) is 1. The average molecular weight is 272 g/mol. The summed E-state index contributed by atoms with van der Waals surface area (Å²) in [6.07, 6.45) is 10.5. The summed E-state index contributed by atoms with van der Waals surface area (Å²) in [6.45, 7) is 3.25. The van der Waals surface area contributed by atoms with Gasteiger partial charge in [0, 0.05) is 13.1 Å². The van der Waals surface area contributed by atoms with Crippen molar-refractivity contribution < 1.29 is 4.74 Å². The van der Waals surface area contributed by atoms with Crippen LogP contribution >= 0.6 is 0 Å². The zero-order valence-corrected chi connectivity index (χ0v) is 12.1. The van der Waals surface area contributed by atoms with Crippen LogP contribution in [0.2, 0.25) is 0 Å². The third kappa shape index (κ3) is 3.27. The number of nitrogens with one attached hydrogen (secondary N) is 1. The third-order valence-electron chi connectivity index (χ3n) is 4.14. The fraction of sp³-hybridized carbons (Fsp3) is 0.529. The molecule has 1 aromatic rings. The summed E-state index contributed by atoms with van der Waals surface area (Å²) in [7, 11) is 0. The smallest absolute Gasteiger partial charge is 0.115 e. The highest BCUT2D eigenvalue weighted by Crippen LogP contribution is 2.28. The Morgan fingerprint density at radius 3 is 2.80 bits per heavy atom. The van der Waals surface area contributed by atoms with Crippen LogP contribution in [0, 0.1) is 0 Å². The van der Waals surface area contributed by atoms with Crippen molar-refractivity contribution in [1.82, 2.24) is 0 Å². The van der Waals surface area contributed by atoms with E-state index in [4.69, 9.17) is 4.74 Å². The normalized spacial score (nSPS) is 22.4. The van der Waals surface area contributed by atoms with Crippen LogP contribution < -0.4 is 10.2 Å². The minimum absolute atomic E-state index is 0.300. The SMILES string of the molecule is C1=COC(CNc2ccccc2N2CCCCC2)CC1. The zero-order valence-electron chi connectivity index (χ0n) is 12.1. The topological polar surface area (TPSA) is 24.5 Å². The molecule has 1 aromatic carbocycles. The van der Waals surface area contributed by atoms with Crippen LogP contribution in [-0.2, 0) is 4.74 Å². The number of para-hydroxylation sites is 2. The summed E-state index contributed by atoms with van der Waals surface area (Å²) in [6, 6.07) is 8.66. The number of benzene rings is 1. The second kappa shape index (κ2) is 6.69. The zero-order chi connectivity index (χ0) is 13.6. The molecule has 1 unspecified atom stereocenters. The van der Waals surface area contributed by atoms with Crippen molar-refractivity contribution in [2.45, 2.75) is 38.2 Å². The lowest BCUT2D eigenvalue weighted by molar-refractivity contribution is 0.135. The van der Waals surface area contributed by atoms with Crippen molar-refractivity contribution in [3.63, 3.8) is 0 Å². The van der Waals surface area contributed by atoms with E-state index in [9.17, 15) is 0 Å². The third-order valence-corrected chi connectivity index (χ3v) is 4.14. The van der Waals surface area contributed by atoms with Crippen LogP contribution in [0.25, 0.3) is 0 Å². The quantitative estimate of drug-likeness (QED) is 0.902. The molecule has 0 amide bonds. The van der Waals surface area contributed by atoms with Gasteiger partial charge in [0.2, 0.25) is 0 Å². The maximum atomic E-state index is 5.63. The molecule has 0 aliphatic carbocycles. The van der Waals surface area contributed by atoms with Gasteiger partial charge in [0.15, 0.2) is 0 Å². The molecule has 2 heterocycles. The number of allylic oxidation sites excluding steroid dienone is 1. The first-order valence-corrected chi connectivity index (χ1v) is 7.82. The molecule has 108 valence electrons. The van der Waals surface area contributed by atoms with Gasteiger partial charge in [-0.1, -0.05) is 12.1 Å². The average Bonchev–Trinajstić information content (AvgIpc) is 2.55. The van der Waals surface area contributed by atoms with Gasteiger partial charge in [0.05, 0.1) is 24.2 Å². The van der Waals surface area contributed by atoms with Gasteiger partial charge in [-0.15, -0.1) is 0 Å². The van der Waals surface area contributed by atoms with Crippen LogP contribution in [0.15, 0.2) is 36.6 Å². The molecule has 0 aromatic heterocycles. The molecule has 0 saturated carbocycles. The maximum Gasteiger partial charge on any atom is 0.115 e. The molecule has 1 atom stereocenters. The van der Waals surface area contributed by atoms with Gasteiger partial charge in [-0.3, -0.25) is 0 Å². The summed E-state index contributed by atoms with van der Waals surface area (Å²) in [4.78, 5) is 2.51. The van der Waals surface area contributed by atoms with Crippen molar-refractivity contribution in [2.75, 3.05) is 29.9 Å². The lowest BCUT2D eigenvalue weighted by Gasteiger charge is -2.31. The van der Waals surface area contributed by atoms with Crippen LogP contribution in [-0.4, -0.2) is 25.7 Å². The summed E-state index contributed by atoms with van der Waals surface area (Å²) < 4.78 is 5.63. The monoisotopic (exact) mass is 272 g/mol. The highest BCUT2D eigenvalue weighted by atomic mass is 16.5. The molecular formula is C17H24N2O. The molecule has 0 spiro atoms. The second-order valence-electron chi connectivity index (χ2n) is 5.65. The number of hydrogen-bond acceptors (Lipinski definition) is 3.